The summed E-state index contributed by atoms with van der Waals surface area (Å²) in [6.07, 6.45) is 3.80. The van der Waals surface area contributed by atoms with Gasteiger partial charge in [0.1, 0.15) is 5.75 Å². The lowest BCUT2D eigenvalue weighted by Gasteiger charge is -2.32. The van der Waals surface area contributed by atoms with Crippen molar-refractivity contribution < 1.29 is 9.53 Å². The number of para-hydroxylation sites is 1. The Bertz CT molecular complexity index is 935. The number of aromatic nitrogens is 1. The second kappa shape index (κ2) is 7.04. The summed E-state index contributed by atoms with van der Waals surface area (Å²) >= 11 is 0. The molecule has 0 unspecified atom stereocenters. The van der Waals surface area contributed by atoms with Gasteiger partial charge in [0.2, 0.25) is 5.91 Å². The number of amides is 1. The fourth-order valence-electron chi connectivity index (χ4n) is 3.60. The van der Waals surface area contributed by atoms with Crippen molar-refractivity contribution in [1.29, 1.82) is 0 Å². The van der Waals surface area contributed by atoms with Crippen LogP contribution in [0.15, 0.2) is 54.7 Å². The maximum absolute atomic E-state index is 12.7. The van der Waals surface area contributed by atoms with E-state index in [1.54, 1.807) is 13.3 Å². The highest BCUT2D eigenvalue weighted by molar-refractivity contribution is 6.02. The van der Waals surface area contributed by atoms with Crippen molar-refractivity contribution in [3.63, 3.8) is 0 Å². The molecular weight excluding hydrogens is 326 g/mol. The molecule has 5 nitrogen and oxygen atoms in total. The molecule has 26 heavy (non-hydrogen) atoms. The minimum Gasteiger partial charge on any atom is -0.495 e. The van der Waals surface area contributed by atoms with E-state index in [4.69, 9.17) is 4.74 Å². The number of anilines is 2. The number of nitrogens with zero attached hydrogens (tertiary/aromatic N) is 2. The topological polar surface area (TPSA) is 54.5 Å². The standard InChI is InChI=1S/C21H21N3O2/c1-26-19-11-2-6-15-7-5-13-24(21(15)19)14-20(25)23-18-10-3-9-17-16(18)8-4-12-22-17/h2-4,6,8-12H,5,7,13-14H2,1H3,(H,23,25). The predicted molar refractivity (Wildman–Crippen MR) is 104 cm³/mol. The van der Waals surface area contributed by atoms with Gasteiger partial charge in [0.25, 0.3) is 0 Å². The second-order valence-corrected chi connectivity index (χ2v) is 6.42. The molecule has 1 aliphatic rings. The molecule has 1 aromatic heterocycles. The molecule has 1 amide bonds. The van der Waals surface area contributed by atoms with Crippen molar-refractivity contribution in [1.82, 2.24) is 4.98 Å². The van der Waals surface area contributed by atoms with Crippen LogP contribution in [0.2, 0.25) is 0 Å². The smallest absolute Gasteiger partial charge is 0.243 e. The van der Waals surface area contributed by atoms with E-state index in [0.29, 0.717) is 6.54 Å². The monoisotopic (exact) mass is 347 g/mol. The van der Waals surface area contributed by atoms with Crippen LogP contribution < -0.4 is 15.0 Å². The minimum atomic E-state index is -0.0416. The summed E-state index contributed by atoms with van der Waals surface area (Å²) in [7, 11) is 1.67. The van der Waals surface area contributed by atoms with Crippen LogP contribution in [0.25, 0.3) is 10.9 Å². The number of hydrogen-bond acceptors (Lipinski definition) is 4. The summed E-state index contributed by atoms with van der Waals surface area (Å²) in [6.45, 7) is 1.14. The molecule has 2 heterocycles. The molecule has 0 atom stereocenters. The first-order chi connectivity index (χ1) is 12.8. The third kappa shape index (κ3) is 3.08. The molecule has 132 valence electrons. The SMILES string of the molecule is COc1cccc2c1N(CC(=O)Nc1cccc3ncccc13)CCC2. The van der Waals surface area contributed by atoms with Crippen LogP contribution in [-0.4, -0.2) is 31.1 Å². The molecule has 3 aromatic rings. The summed E-state index contributed by atoms with van der Waals surface area (Å²) in [6, 6.07) is 15.7. The Labute approximate surface area is 152 Å². The van der Waals surface area contributed by atoms with Crippen molar-refractivity contribution in [2.45, 2.75) is 12.8 Å². The summed E-state index contributed by atoms with van der Waals surface area (Å²) in [5, 5.41) is 3.98. The lowest BCUT2D eigenvalue weighted by atomic mass is 10.0. The van der Waals surface area contributed by atoms with E-state index >= 15 is 0 Å². The Morgan fingerprint density at radius 1 is 1.19 bits per heavy atom. The molecule has 0 aliphatic carbocycles. The number of carbonyl (C=O) groups is 1. The largest absolute Gasteiger partial charge is 0.495 e. The number of fused-ring (bicyclic) bond motifs is 2. The van der Waals surface area contributed by atoms with Gasteiger partial charge in [-0.1, -0.05) is 18.2 Å². The van der Waals surface area contributed by atoms with Crippen LogP contribution in [-0.2, 0) is 11.2 Å². The predicted octanol–water partition coefficient (Wildman–Crippen LogP) is 3.63. The van der Waals surface area contributed by atoms with Crippen LogP contribution in [0.3, 0.4) is 0 Å². The van der Waals surface area contributed by atoms with E-state index < -0.39 is 0 Å². The Morgan fingerprint density at radius 2 is 2.08 bits per heavy atom. The molecule has 2 aromatic carbocycles. The highest BCUT2D eigenvalue weighted by atomic mass is 16.5. The van der Waals surface area contributed by atoms with E-state index in [0.717, 1.165) is 47.4 Å². The molecule has 4 rings (SSSR count). The average Bonchev–Trinajstić information content (AvgIpc) is 2.68. The third-order valence-corrected chi connectivity index (χ3v) is 4.75. The Kier molecular flexibility index (Phi) is 4.44. The zero-order chi connectivity index (χ0) is 17.9. The molecule has 0 bridgehead atoms. The number of methoxy groups -OCH3 is 1. The molecule has 1 aliphatic heterocycles. The van der Waals surface area contributed by atoms with Gasteiger partial charge in [0, 0.05) is 18.1 Å². The van der Waals surface area contributed by atoms with Gasteiger partial charge in [-0.15, -0.1) is 0 Å². The summed E-state index contributed by atoms with van der Waals surface area (Å²) in [4.78, 5) is 19.2. The van der Waals surface area contributed by atoms with E-state index in [1.165, 1.54) is 5.56 Å². The molecule has 0 spiro atoms. The van der Waals surface area contributed by atoms with Crippen LogP contribution in [0, 0.1) is 0 Å². The quantitative estimate of drug-likeness (QED) is 0.783. The first-order valence-electron chi connectivity index (χ1n) is 8.80. The van der Waals surface area contributed by atoms with Crippen molar-refractivity contribution in [3.05, 3.63) is 60.3 Å². The Morgan fingerprint density at radius 3 is 2.96 bits per heavy atom. The Balaban J connectivity index is 1.56. The maximum atomic E-state index is 12.7. The van der Waals surface area contributed by atoms with Gasteiger partial charge in [0.05, 0.1) is 30.5 Å². The number of benzene rings is 2. The van der Waals surface area contributed by atoms with Crippen LogP contribution in [0.5, 0.6) is 5.75 Å². The fraction of sp³-hybridized carbons (Fsp3) is 0.238. The molecule has 1 N–H and O–H groups in total. The number of aryl methyl sites for hydroxylation is 1. The van der Waals surface area contributed by atoms with Crippen LogP contribution >= 0.6 is 0 Å². The van der Waals surface area contributed by atoms with Crippen molar-refractivity contribution in [2.24, 2.45) is 0 Å². The number of rotatable bonds is 4. The third-order valence-electron chi connectivity index (χ3n) is 4.75. The number of hydrogen-bond donors (Lipinski definition) is 1. The van der Waals surface area contributed by atoms with E-state index in [1.807, 2.05) is 42.5 Å². The van der Waals surface area contributed by atoms with Gasteiger partial charge < -0.3 is 15.0 Å². The molecule has 5 heteroatoms. The van der Waals surface area contributed by atoms with Crippen LogP contribution in [0.4, 0.5) is 11.4 Å². The molecule has 0 radical (unpaired) electrons. The lowest BCUT2D eigenvalue weighted by Crippen LogP contribution is -2.37. The number of ether oxygens (including phenoxy) is 1. The first-order valence-corrected chi connectivity index (χ1v) is 8.80. The molecule has 0 saturated carbocycles. The summed E-state index contributed by atoms with van der Waals surface area (Å²) in [5.74, 6) is 0.782. The zero-order valence-corrected chi connectivity index (χ0v) is 14.7. The lowest BCUT2D eigenvalue weighted by molar-refractivity contribution is -0.115. The summed E-state index contributed by atoms with van der Waals surface area (Å²) in [5.41, 5.74) is 3.93. The van der Waals surface area contributed by atoms with Crippen molar-refractivity contribution >= 4 is 28.2 Å². The highest BCUT2D eigenvalue weighted by Crippen LogP contribution is 2.36. The minimum absolute atomic E-state index is 0.0416. The number of pyridine rings is 1. The van der Waals surface area contributed by atoms with Gasteiger partial charge in [-0.05, 0) is 48.7 Å². The van der Waals surface area contributed by atoms with Gasteiger partial charge in [-0.3, -0.25) is 9.78 Å². The second-order valence-electron chi connectivity index (χ2n) is 6.42. The first kappa shape index (κ1) is 16.4. The molecule has 0 saturated heterocycles. The summed E-state index contributed by atoms with van der Waals surface area (Å²) < 4.78 is 5.52. The number of carbonyl (C=O) groups excluding carboxylic acids is 1. The van der Waals surface area contributed by atoms with Gasteiger partial charge >= 0.3 is 0 Å². The number of nitrogens with one attached hydrogen (secondary N) is 1. The van der Waals surface area contributed by atoms with E-state index in [9.17, 15) is 4.79 Å². The van der Waals surface area contributed by atoms with E-state index in [-0.39, 0.29) is 5.91 Å². The molecular formula is C21H21N3O2. The fourth-order valence-corrected chi connectivity index (χ4v) is 3.60. The zero-order valence-electron chi connectivity index (χ0n) is 14.7. The maximum Gasteiger partial charge on any atom is 0.243 e. The Hall–Kier alpha value is -3.08. The molecule has 0 fully saturated rings. The highest BCUT2D eigenvalue weighted by Gasteiger charge is 2.22. The average molecular weight is 347 g/mol. The van der Waals surface area contributed by atoms with Crippen LogP contribution in [0.1, 0.15) is 12.0 Å². The van der Waals surface area contributed by atoms with E-state index in [2.05, 4.69) is 21.3 Å². The normalized spacial score (nSPS) is 13.3. The van der Waals surface area contributed by atoms with Gasteiger partial charge in [-0.25, -0.2) is 0 Å². The van der Waals surface area contributed by atoms with Crippen molar-refractivity contribution in [2.75, 3.05) is 30.4 Å². The van der Waals surface area contributed by atoms with Gasteiger partial charge in [0.15, 0.2) is 0 Å². The van der Waals surface area contributed by atoms with Crippen molar-refractivity contribution in [3.8, 4) is 5.75 Å². The van der Waals surface area contributed by atoms with Gasteiger partial charge in [-0.2, -0.15) is 0 Å².